The van der Waals surface area contributed by atoms with Crippen LogP contribution in [0.25, 0.3) is 21.9 Å². The Morgan fingerprint density at radius 2 is 1.75 bits per heavy atom. The third kappa shape index (κ3) is 4.12. The zero-order chi connectivity index (χ0) is 20.3. The van der Waals surface area contributed by atoms with Crippen molar-refractivity contribution >= 4 is 32.6 Å². The van der Waals surface area contributed by atoms with Gasteiger partial charge in [-0.3, -0.25) is 4.79 Å². The summed E-state index contributed by atoms with van der Waals surface area (Å²) >= 11 is 3.56. The van der Waals surface area contributed by atoms with Gasteiger partial charge in [0.25, 0.3) is 5.91 Å². The average Bonchev–Trinajstić information content (AvgIpc) is 2.68. The molecule has 0 aliphatic rings. The number of ether oxygens (including phenoxy) is 2. The van der Waals surface area contributed by atoms with Gasteiger partial charge in [-0.1, -0.05) is 52.3 Å². The van der Waals surface area contributed by atoms with Crippen molar-refractivity contribution in [1.82, 2.24) is 5.32 Å². The van der Waals surface area contributed by atoms with Crippen LogP contribution < -0.4 is 5.32 Å². The monoisotopic (exact) mass is 441 g/mol. The molecule has 1 amide bonds. The van der Waals surface area contributed by atoms with Crippen molar-refractivity contribution in [3.05, 3.63) is 70.2 Å². The molecule has 0 spiro atoms. The quantitative estimate of drug-likeness (QED) is 0.526. The first kappa shape index (κ1) is 20.5. The zero-order valence-corrected chi connectivity index (χ0v) is 18.0. The number of rotatable bonds is 6. The Morgan fingerprint density at radius 1 is 1.04 bits per heavy atom. The Morgan fingerprint density at radius 3 is 2.46 bits per heavy atom. The van der Waals surface area contributed by atoms with Gasteiger partial charge in [-0.15, -0.1) is 0 Å². The molecule has 5 heteroatoms. The number of methoxy groups -OCH3 is 2. The van der Waals surface area contributed by atoms with Gasteiger partial charge in [-0.05, 0) is 59.5 Å². The van der Waals surface area contributed by atoms with Crippen molar-refractivity contribution in [3.63, 3.8) is 0 Å². The van der Waals surface area contributed by atoms with Gasteiger partial charge in [0.15, 0.2) is 6.29 Å². The summed E-state index contributed by atoms with van der Waals surface area (Å²) in [4.78, 5) is 13.1. The minimum absolute atomic E-state index is 0.165. The largest absolute Gasteiger partial charge is 0.354 e. The second kappa shape index (κ2) is 8.86. The summed E-state index contributed by atoms with van der Waals surface area (Å²) < 4.78 is 11.5. The molecule has 1 unspecified atom stereocenters. The van der Waals surface area contributed by atoms with Crippen molar-refractivity contribution in [2.45, 2.75) is 26.2 Å². The van der Waals surface area contributed by atoms with Crippen LogP contribution in [-0.4, -0.2) is 32.5 Å². The predicted molar refractivity (Wildman–Crippen MR) is 117 cm³/mol. The van der Waals surface area contributed by atoms with E-state index in [0.29, 0.717) is 5.56 Å². The van der Waals surface area contributed by atoms with Gasteiger partial charge in [-0.25, -0.2) is 0 Å². The van der Waals surface area contributed by atoms with Gasteiger partial charge < -0.3 is 14.8 Å². The molecule has 0 aliphatic carbocycles. The molecule has 0 fully saturated rings. The molecule has 3 rings (SSSR count). The summed E-state index contributed by atoms with van der Waals surface area (Å²) in [7, 11) is 3.11. The van der Waals surface area contributed by atoms with Crippen LogP contribution in [0.2, 0.25) is 0 Å². The highest BCUT2D eigenvalue weighted by molar-refractivity contribution is 9.10. The Kier molecular flexibility index (Phi) is 6.50. The highest BCUT2D eigenvalue weighted by Gasteiger charge is 2.22. The number of carbonyl (C=O) groups excluding carboxylic acids is 1. The predicted octanol–water partition coefficient (Wildman–Crippen LogP) is 5.31. The van der Waals surface area contributed by atoms with E-state index in [4.69, 9.17) is 9.47 Å². The number of carbonyl (C=O) groups is 1. The van der Waals surface area contributed by atoms with E-state index >= 15 is 0 Å². The van der Waals surface area contributed by atoms with Crippen LogP contribution in [0.15, 0.2) is 59.1 Å². The topological polar surface area (TPSA) is 47.6 Å². The van der Waals surface area contributed by atoms with Crippen molar-refractivity contribution in [2.75, 3.05) is 14.2 Å². The summed E-state index contributed by atoms with van der Waals surface area (Å²) in [6, 6.07) is 17.8. The Labute approximate surface area is 174 Å². The number of hydrogen-bond acceptors (Lipinski definition) is 3. The second-order valence-corrected chi connectivity index (χ2v) is 7.69. The zero-order valence-electron chi connectivity index (χ0n) is 16.5. The fraction of sp³-hybridized carbons (Fsp3) is 0.261. The van der Waals surface area contributed by atoms with Crippen LogP contribution in [0.1, 0.15) is 22.8 Å². The number of hydrogen-bond donors (Lipinski definition) is 1. The van der Waals surface area contributed by atoms with Gasteiger partial charge in [0.1, 0.15) is 0 Å². The third-order valence-electron chi connectivity index (χ3n) is 4.86. The number of halogens is 1. The van der Waals surface area contributed by atoms with Gasteiger partial charge in [0.2, 0.25) is 0 Å². The van der Waals surface area contributed by atoms with Crippen molar-refractivity contribution in [3.8, 4) is 11.1 Å². The van der Waals surface area contributed by atoms with E-state index < -0.39 is 6.29 Å². The normalized spacial score (nSPS) is 12.4. The second-order valence-electron chi connectivity index (χ2n) is 6.77. The number of fused-ring (bicyclic) bond motifs is 1. The maximum absolute atomic E-state index is 13.1. The first-order valence-electron chi connectivity index (χ1n) is 9.11. The highest BCUT2D eigenvalue weighted by atomic mass is 79.9. The van der Waals surface area contributed by atoms with Crippen LogP contribution >= 0.6 is 15.9 Å². The van der Waals surface area contributed by atoms with Crippen molar-refractivity contribution in [1.29, 1.82) is 0 Å². The summed E-state index contributed by atoms with van der Waals surface area (Å²) in [6.07, 6.45) is -0.512. The first-order valence-corrected chi connectivity index (χ1v) is 9.90. The lowest BCUT2D eigenvalue weighted by Gasteiger charge is -2.23. The summed E-state index contributed by atoms with van der Waals surface area (Å²) in [5.41, 5.74) is 3.68. The summed E-state index contributed by atoms with van der Waals surface area (Å²) in [6.45, 7) is 3.93. The molecule has 146 valence electrons. The van der Waals surface area contributed by atoms with E-state index in [-0.39, 0.29) is 11.9 Å². The highest BCUT2D eigenvalue weighted by Crippen LogP contribution is 2.35. The lowest BCUT2D eigenvalue weighted by atomic mass is 9.91. The number of nitrogens with one attached hydrogen (secondary N) is 1. The molecule has 28 heavy (non-hydrogen) atoms. The number of amides is 1. The minimum Gasteiger partial charge on any atom is -0.354 e. The molecule has 0 radical (unpaired) electrons. The molecule has 4 nitrogen and oxygen atoms in total. The van der Waals surface area contributed by atoms with Crippen molar-refractivity contribution < 1.29 is 14.3 Å². The number of aryl methyl sites for hydroxylation is 1. The standard InChI is InChI=1S/C23H24BrNO3/c1-14-9-10-16-7-5-6-8-18(16)21(14)20-13-17(24)11-12-19(20)22(26)25-15(2)23(27-3)28-4/h5-13,15,23H,1-4H3,(H,25,26). The van der Waals surface area contributed by atoms with Crippen LogP contribution in [0.4, 0.5) is 0 Å². The van der Waals surface area contributed by atoms with E-state index in [9.17, 15) is 4.79 Å². The fourth-order valence-corrected chi connectivity index (χ4v) is 3.88. The molecule has 0 bridgehead atoms. The Bertz CT molecular complexity index is 998. The maximum atomic E-state index is 13.1. The maximum Gasteiger partial charge on any atom is 0.252 e. The summed E-state index contributed by atoms with van der Waals surface area (Å²) in [5, 5.41) is 5.25. The summed E-state index contributed by atoms with van der Waals surface area (Å²) in [5.74, 6) is -0.165. The average molecular weight is 442 g/mol. The smallest absolute Gasteiger partial charge is 0.252 e. The van der Waals surface area contributed by atoms with Crippen LogP contribution in [-0.2, 0) is 9.47 Å². The lowest BCUT2D eigenvalue weighted by molar-refractivity contribution is -0.117. The SMILES string of the molecule is COC(OC)C(C)NC(=O)c1ccc(Br)cc1-c1c(C)ccc2ccccc12. The van der Waals surface area contributed by atoms with Crippen LogP contribution in [0, 0.1) is 6.92 Å². The first-order chi connectivity index (χ1) is 13.5. The molecule has 3 aromatic rings. The molecule has 0 saturated carbocycles. The Hall–Kier alpha value is -2.21. The minimum atomic E-state index is -0.512. The van der Waals surface area contributed by atoms with Crippen LogP contribution in [0.5, 0.6) is 0 Å². The van der Waals surface area contributed by atoms with Crippen molar-refractivity contribution in [2.24, 2.45) is 0 Å². The molecular formula is C23H24BrNO3. The Balaban J connectivity index is 2.11. The molecule has 1 atom stereocenters. The molecule has 3 aromatic carbocycles. The molecule has 0 saturated heterocycles. The van der Waals surface area contributed by atoms with E-state index in [0.717, 1.165) is 31.9 Å². The van der Waals surface area contributed by atoms with Gasteiger partial charge in [-0.2, -0.15) is 0 Å². The molecule has 0 aromatic heterocycles. The molecule has 0 aliphatic heterocycles. The molecular weight excluding hydrogens is 418 g/mol. The van der Waals surface area contributed by atoms with Gasteiger partial charge in [0.05, 0.1) is 6.04 Å². The van der Waals surface area contributed by atoms with E-state index in [1.54, 1.807) is 14.2 Å². The fourth-order valence-electron chi connectivity index (χ4n) is 3.52. The molecule has 0 heterocycles. The van der Waals surface area contributed by atoms with Crippen LogP contribution in [0.3, 0.4) is 0 Å². The van der Waals surface area contributed by atoms with Gasteiger partial charge >= 0.3 is 0 Å². The molecule has 1 N–H and O–H groups in total. The van der Waals surface area contributed by atoms with Gasteiger partial charge in [0, 0.05) is 24.3 Å². The van der Waals surface area contributed by atoms with E-state index in [1.165, 1.54) is 0 Å². The third-order valence-corrected chi connectivity index (χ3v) is 5.36. The lowest BCUT2D eigenvalue weighted by Crippen LogP contribution is -2.43. The van der Waals surface area contributed by atoms with E-state index in [1.807, 2.05) is 37.3 Å². The number of benzene rings is 3. The van der Waals surface area contributed by atoms with E-state index in [2.05, 4.69) is 52.4 Å².